The Labute approximate surface area is 212 Å². The molecule has 0 aliphatic carbocycles. The molecule has 4 nitrogen and oxygen atoms in total. The topological polar surface area (TPSA) is 44.8 Å². The summed E-state index contributed by atoms with van der Waals surface area (Å²) >= 11 is 0. The molecule has 4 heteroatoms. The van der Waals surface area contributed by atoms with Gasteiger partial charge >= 0.3 is 0 Å². The molecule has 0 saturated heterocycles. The number of aldehydes is 1. The number of hydrogen-bond acceptors (Lipinski definition) is 4. The highest BCUT2D eigenvalue weighted by Crippen LogP contribution is 2.44. The first kappa shape index (κ1) is 23.9. The molecule has 0 N–H and O–H groups in total. The molecule has 0 spiro atoms. The number of hydrogen-bond donors (Lipinski definition) is 0. The number of carbonyl (C=O) groups is 1. The van der Waals surface area contributed by atoms with E-state index in [4.69, 9.17) is 14.2 Å². The van der Waals surface area contributed by atoms with Crippen LogP contribution >= 0.6 is 0 Å². The van der Waals surface area contributed by atoms with Crippen molar-refractivity contribution in [3.05, 3.63) is 100 Å². The lowest BCUT2D eigenvalue weighted by Crippen LogP contribution is -2.42. The van der Waals surface area contributed by atoms with Crippen molar-refractivity contribution in [2.45, 2.75) is 52.7 Å². The molecule has 0 amide bonds. The van der Waals surface area contributed by atoms with Gasteiger partial charge in [-0.05, 0) is 80.3 Å². The van der Waals surface area contributed by atoms with E-state index in [1.165, 1.54) is 5.56 Å². The molecule has 1 heterocycles. The maximum absolute atomic E-state index is 11.5. The minimum absolute atomic E-state index is 0.417. The Balaban J connectivity index is 1.37. The van der Waals surface area contributed by atoms with Gasteiger partial charge in [-0.2, -0.15) is 0 Å². The van der Waals surface area contributed by atoms with Gasteiger partial charge in [-0.15, -0.1) is 0 Å². The van der Waals surface area contributed by atoms with Crippen molar-refractivity contribution in [2.24, 2.45) is 0 Å². The van der Waals surface area contributed by atoms with E-state index in [2.05, 4.69) is 39.8 Å². The molecular formula is C32H32O4. The molecule has 1 aliphatic rings. The van der Waals surface area contributed by atoms with E-state index in [-0.39, 0.29) is 0 Å². The highest BCUT2D eigenvalue weighted by atomic mass is 16.5. The molecule has 0 bridgehead atoms. The standard InChI is InChI=1S/C32H32O4/c1-21-22(2)31-26(23(3)30(21)34-19-24-10-6-5-7-11-24)16-17-32(4,36-31)20-35-29-15-14-25(18-33)27-12-8-9-13-28(27)29/h5-15,18H,16-17,19-20H2,1-4H3. The monoisotopic (exact) mass is 480 g/mol. The van der Waals surface area contributed by atoms with E-state index in [1.807, 2.05) is 54.6 Å². The van der Waals surface area contributed by atoms with Crippen LogP contribution in [0, 0.1) is 20.8 Å². The highest BCUT2D eigenvalue weighted by Gasteiger charge is 2.36. The van der Waals surface area contributed by atoms with Crippen LogP contribution in [0.25, 0.3) is 10.8 Å². The summed E-state index contributed by atoms with van der Waals surface area (Å²) in [6.07, 6.45) is 2.63. The smallest absolute Gasteiger partial charge is 0.150 e. The van der Waals surface area contributed by atoms with Gasteiger partial charge in [-0.3, -0.25) is 4.79 Å². The van der Waals surface area contributed by atoms with Gasteiger partial charge in [0, 0.05) is 16.5 Å². The van der Waals surface area contributed by atoms with Crippen LogP contribution in [0.1, 0.15) is 51.5 Å². The molecule has 1 atom stereocenters. The molecule has 0 radical (unpaired) electrons. The van der Waals surface area contributed by atoms with Gasteiger partial charge < -0.3 is 14.2 Å². The molecule has 0 fully saturated rings. The summed E-state index contributed by atoms with van der Waals surface area (Å²) in [4.78, 5) is 11.5. The van der Waals surface area contributed by atoms with Gasteiger partial charge in [0.15, 0.2) is 6.29 Å². The zero-order valence-electron chi connectivity index (χ0n) is 21.4. The minimum Gasteiger partial charge on any atom is -0.489 e. The molecular weight excluding hydrogens is 448 g/mol. The normalized spacial score (nSPS) is 16.8. The van der Waals surface area contributed by atoms with Crippen molar-refractivity contribution in [2.75, 3.05) is 6.61 Å². The predicted octanol–water partition coefficient (Wildman–Crippen LogP) is 7.32. The SMILES string of the molecule is Cc1c(C)c2c(c(C)c1OCc1ccccc1)CCC(C)(COc1ccc(C=O)c3ccccc13)O2. The average molecular weight is 481 g/mol. The fourth-order valence-corrected chi connectivity index (χ4v) is 5.08. The van der Waals surface area contributed by atoms with Gasteiger partial charge in [0.2, 0.25) is 0 Å². The lowest BCUT2D eigenvalue weighted by molar-refractivity contribution is 0.0171. The van der Waals surface area contributed by atoms with Crippen molar-refractivity contribution in [3.8, 4) is 17.2 Å². The zero-order chi connectivity index (χ0) is 25.3. The second-order valence-electron chi connectivity index (χ2n) is 9.94. The van der Waals surface area contributed by atoms with Gasteiger partial charge in [0.1, 0.15) is 36.1 Å². The second kappa shape index (κ2) is 9.69. The van der Waals surface area contributed by atoms with Crippen LogP contribution < -0.4 is 14.2 Å². The predicted molar refractivity (Wildman–Crippen MR) is 144 cm³/mol. The average Bonchev–Trinajstić information content (AvgIpc) is 2.91. The number of benzene rings is 4. The van der Waals surface area contributed by atoms with Crippen LogP contribution in [0.2, 0.25) is 0 Å². The van der Waals surface area contributed by atoms with Crippen LogP contribution in [-0.4, -0.2) is 18.5 Å². The summed E-state index contributed by atoms with van der Waals surface area (Å²) in [6.45, 7) is 9.43. The Morgan fingerprint density at radius 1 is 0.861 bits per heavy atom. The second-order valence-corrected chi connectivity index (χ2v) is 9.94. The van der Waals surface area contributed by atoms with Crippen LogP contribution in [0.5, 0.6) is 17.2 Å². The van der Waals surface area contributed by atoms with Crippen LogP contribution in [0.15, 0.2) is 66.7 Å². The third-order valence-electron chi connectivity index (χ3n) is 7.37. The van der Waals surface area contributed by atoms with Crippen molar-refractivity contribution >= 4 is 17.1 Å². The maximum atomic E-state index is 11.5. The Hall–Kier alpha value is -3.79. The molecule has 36 heavy (non-hydrogen) atoms. The van der Waals surface area contributed by atoms with E-state index in [0.29, 0.717) is 18.8 Å². The number of ether oxygens (including phenoxy) is 3. The first-order chi connectivity index (χ1) is 17.4. The molecule has 1 aliphatic heterocycles. The van der Waals surface area contributed by atoms with Gasteiger partial charge in [0.05, 0.1) is 0 Å². The van der Waals surface area contributed by atoms with Crippen molar-refractivity contribution in [1.82, 2.24) is 0 Å². The van der Waals surface area contributed by atoms with Crippen molar-refractivity contribution in [1.29, 1.82) is 0 Å². The first-order valence-electron chi connectivity index (χ1n) is 12.5. The van der Waals surface area contributed by atoms with Gasteiger partial charge in [-0.1, -0.05) is 54.6 Å². The van der Waals surface area contributed by atoms with Crippen LogP contribution in [-0.2, 0) is 13.0 Å². The zero-order valence-corrected chi connectivity index (χ0v) is 21.4. The Kier molecular flexibility index (Phi) is 6.44. The van der Waals surface area contributed by atoms with Crippen molar-refractivity contribution < 1.29 is 19.0 Å². The summed E-state index contributed by atoms with van der Waals surface area (Å²) in [6, 6.07) is 21.8. The van der Waals surface area contributed by atoms with Crippen molar-refractivity contribution in [3.63, 3.8) is 0 Å². The Morgan fingerprint density at radius 3 is 2.33 bits per heavy atom. The Bertz CT molecular complexity index is 1420. The summed E-state index contributed by atoms with van der Waals surface area (Å²) in [5.41, 5.74) is 5.96. The lowest BCUT2D eigenvalue weighted by Gasteiger charge is -2.38. The molecule has 4 aromatic carbocycles. The fraction of sp³-hybridized carbons (Fsp3) is 0.281. The third-order valence-corrected chi connectivity index (χ3v) is 7.37. The summed E-state index contributed by atoms with van der Waals surface area (Å²) < 4.78 is 19.3. The number of carbonyl (C=O) groups excluding carboxylic acids is 1. The number of fused-ring (bicyclic) bond motifs is 2. The van der Waals surface area contributed by atoms with E-state index in [1.54, 1.807) is 0 Å². The third kappa shape index (κ3) is 4.44. The molecule has 4 aromatic rings. The first-order valence-corrected chi connectivity index (χ1v) is 12.5. The fourth-order valence-electron chi connectivity index (χ4n) is 5.08. The molecule has 0 aromatic heterocycles. The van der Waals surface area contributed by atoms with E-state index in [9.17, 15) is 4.79 Å². The van der Waals surface area contributed by atoms with Crippen LogP contribution in [0.3, 0.4) is 0 Å². The van der Waals surface area contributed by atoms with E-state index < -0.39 is 5.60 Å². The lowest BCUT2D eigenvalue weighted by atomic mass is 9.87. The molecule has 0 saturated carbocycles. The molecule has 5 rings (SSSR count). The Morgan fingerprint density at radius 2 is 1.58 bits per heavy atom. The largest absolute Gasteiger partial charge is 0.489 e. The van der Waals surface area contributed by atoms with E-state index in [0.717, 1.165) is 69.4 Å². The maximum Gasteiger partial charge on any atom is 0.150 e. The molecule has 184 valence electrons. The minimum atomic E-state index is -0.465. The quantitative estimate of drug-likeness (QED) is 0.260. The summed E-state index contributed by atoms with van der Waals surface area (Å²) in [5, 5.41) is 1.83. The highest BCUT2D eigenvalue weighted by molar-refractivity contribution is 6.00. The van der Waals surface area contributed by atoms with Crippen LogP contribution in [0.4, 0.5) is 0 Å². The van der Waals surface area contributed by atoms with Gasteiger partial charge in [-0.25, -0.2) is 0 Å². The van der Waals surface area contributed by atoms with E-state index >= 15 is 0 Å². The summed E-state index contributed by atoms with van der Waals surface area (Å²) in [7, 11) is 0. The molecule has 1 unspecified atom stereocenters. The van der Waals surface area contributed by atoms with Gasteiger partial charge in [0.25, 0.3) is 0 Å². The number of rotatable bonds is 7. The summed E-state index contributed by atoms with van der Waals surface area (Å²) in [5.74, 6) is 2.68.